The van der Waals surface area contributed by atoms with E-state index in [2.05, 4.69) is 15.5 Å². The molecule has 0 aliphatic heterocycles. The standard InChI is InChI=1S/C15H19N3O/c1-12-11-14(13-7-3-2-4-8-13)17-18-15(12)16-9-5-6-10-19/h2-4,7-8,11,19H,5-6,9-10H2,1H3,(H,16,18). The molecule has 19 heavy (non-hydrogen) atoms. The summed E-state index contributed by atoms with van der Waals surface area (Å²) in [5.74, 6) is 0.817. The van der Waals surface area contributed by atoms with Gasteiger partial charge in [0.15, 0.2) is 5.82 Å². The van der Waals surface area contributed by atoms with Crippen LogP contribution in [0.4, 0.5) is 5.82 Å². The maximum Gasteiger partial charge on any atom is 0.151 e. The van der Waals surface area contributed by atoms with E-state index in [1.165, 1.54) is 0 Å². The number of nitrogens with zero attached hydrogens (tertiary/aromatic N) is 2. The SMILES string of the molecule is Cc1cc(-c2ccccc2)nnc1NCCCCO. The van der Waals surface area contributed by atoms with Gasteiger partial charge in [0, 0.05) is 18.7 Å². The molecule has 0 bridgehead atoms. The third-order valence-electron chi connectivity index (χ3n) is 2.93. The van der Waals surface area contributed by atoms with Gasteiger partial charge in [-0.2, -0.15) is 0 Å². The number of aromatic nitrogens is 2. The molecule has 100 valence electrons. The number of unbranched alkanes of at least 4 members (excludes halogenated alkanes) is 1. The van der Waals surface area contributed by atoms with Crippen LogP contribution in [0.5, 0.6) is 0 Å². The molecule has 0 unspecified atom stereocenters. The van der Waals surface area contributed by atoms with Crippen molar-refractivity contribution in [3.8, 4) is 11.3 Å². The van der Waals surface area contributed by atoms with Gasteiger partial charge in [-0.1, -0.05) is 30.3 Å². The van der Waals surface area contributed by atoms with Crippen LogP contribution in [0, 0.1) is 6.92 Å². The monoisotopic (exact) mass is 257 g/mol. The Labute approximate surface area is 113 Å². The van der Waals surface area contributed by atoms with Crippen LogP contribution < -0.4 is 5.32 Å². The first-order valence-corrected chi connectivity index (χ1v) is 6.56. The molecule has 0 saturated carbocycles. The van der Waals surface area contributed by atoms with Crippen molar-refractivity contribution in [1.29, 1.82) is 0 Å². The Kier molecular flexibility index (Phi) is 4.86. The predicted octanol–water partition coefficient (Wildman–Crippen LogP) is 2.64. The number of benzene rings is 1. The molecule has 0 aliphatic carbocycles. The molecule has 0 amide bonds. The largest absolute Gasteiger partial charge is 0.396 e. The highest BCUT2D eigenvalue weighted by Crippen LogP contribution is 2.19. The minimum absolute atomic E-state index is 0.235. The summed E-state index contributed by atoms with van der Waals surface area (Å²) in [4.78, 5) is 0. The molecule has 4 nitrogen and oxygen atoms in total. The zero-order chi connectivity index (χ0) is 13.5. The van der Waals surface area contributed by atoms with E-state index >= 15 is 0 Å². The number of aryl methyl sites for hydroxylation is 1. The zero-order valence-electron chi connectivity index (χ0n) is 11.1. The van der Waals surface area contributed by atoms with Crippen molar-refractivity contribution >= 4 is 5.82 Å². The lowest BCUT2D eigenvalue weighted by molar-refractivity contribution is 0.286. The molecule has 0 spiro atoms. The minimum atomic E-state index is 0.235. The molecule has 2 rings (SSSR count). The van der Waals surface area contributed by atoms with E-state index in [0.29, 0.717) is 0 Å². The molecule has 1 aromatic heterocycles. The van der Waals surface area contributed by atoms with E-state index in [1.54, 1.807) is 0 Å². The van der Waals surface area contributed by atoms with Gasteiger partial charge in [0.1, 0.15) is 0 Å². The van der Waals surface area contributed by atoms with Crippen molar-refractivity contribution in [2.45, 2.75) is 19.8 Å². The Morgan fingerprint density at radius 1 is 1.11 bits per heavy atom. The van der Waals surface area contributed by atoms with Crippen LogP contribution in [-0.2, 0) is 0 Å². The number of aliphatic hydroxyl groups excluding tert-OH is 1. The smallest absolute Gasteiger partial charge is 0.151 e. The van der Waals surface area contributed by atoms with Crippen molar-refractivity contribution in [2.24, 2.45) is 0 Å². The second-order valence-corrected chi connectivity index (χ2v) is 4.48. The van der Waals surface area contributed by atoms with Crippen molar-refractivity contribution in [2.75, 3.05) is 18.5 Å². The Morgan fingerprint density at radius 3 is 2.58 bits per heavy atom. The fourth-order valence-electron chi connectivity index (χ4n) is 1.85. The van der Waals surface area contributed by atoms with Crippen LogP contribution in [0.1, 0.15) is 18.4 Å². The fourth-order valence-corrected chi connectivity index (χ4v) is 1.85. The van der Waals surface area contributed by atoms with Crippen molar-refractivity contribution in [3.05, 3.63) is 42.0 Å². The number of aliphatic hydroxyl groups is 1. The quantitative estimate of drug-likeness (QED) is 0.781. The number of anilines is 1. The van der Waals surface area contributed by atoms with E-state index < -0.39 is 0 Å². The first-order valence-electron chi connectivity index (χ1n) is 6.56. The Morgan fingerprint density at radius 2 is 1.89 bits per heavy atom. The third kappa shape index (κ3) is 3.76. The first kappa shape index (κ1) is 13.5. The molecule has 0 radical (unpaired) electrons. The minimum Gasteiger partial charge on any atom is -0.396 e. The Balaban J connectivity index is 2.05. The lowest BCUT2D eigenvalue weighted by Crippen LogP contribution is -2.07. The van der Waals surface area contributed by atoms with Gasteiger partial charge in [-0.05, 0) is 31.4 Å². The lowest BCUT2D eigenvalue weighted by atomic mass is 10.1. The van der Waals surface area contributed by atoms with E-state index in [9.17, 15) is 0 Å². The summed E-state index contributed by atoms with van der Waals surface area (Å²) in [6.45, 7) is 3.07. The highest BCUT2D eigenvalue weighted by molar-refractivity contribution is 5.61. The van der Waals surface area contributed by atoms with E-state index in [-0.39, 0.29) is 6.61 Å². The molecule has 2 N–H and O–H groups in total. The van der Waals surface area contributed by atoms with Gasteiger partial charge in [0.2, 0.25) is 0 Å². The number of rotatable bonds is 6. The molecule has 0 saturated heterocycles. The van der Waals surface area contributed by atoms with Crippen molar-refractivity contribution in [1.82, 2.24) is 10.2 Å². The highest BCUT2D eigenvalue weighted by atomic mass is 16.2. The predicted molar refractivity (Wildman–Crippen MR) is 77.0 cm³/mol. The summed E-state index contributed by atoms with van der Waals surface area (Å²) in [5.41, 5.74) is 3.04. The molecule has 4 heteroatoms. The van der Waals surface area contributed by atoms with Crippen LogP contribution >= 0.6 is 0 Å². The number of hydrogen-bond acceptors (Lipinski definition) is 4. The van der Waals surface area contributed by atoms with Gasteiger partial charge in [0.25, 0.3) is 0 Å². The van der Waals surface area contributed by atoms with Gasteiger partial charge in [-0.3, -0.25) is 0 Å². The second kappa shape index (κ2) is 6.85. The van der Waals surface area contributed by atoms with E-state index in [4.69, 9.17) is 5.11 Å². The summed E-state index contributed by atoms with van der Waals surface area (Å²) in [5, 5.41) is 20.4. The number of nitrogens with one attached hydrogen (secondary N) is 1. The third-order valence-corrected chi connectivity index (χ3v) is 2.93. The summed E-state index contributed by atoms with van der Waals surface area (Å²) >= 11 is 0. The van der Waals surface area contributed by atoms with E-state index in [1.807, 2.05) is 43.3 Å². The molecule has 1 aromatic carbocycles. The van der Waals surface area contributed by atoms with Crippen LogP contribution in [-0.4, -0.2) is 28.5 Å². The van der Waals surface area contributed by atoms with Gasteiger partial charge in [0.05, 0.1) is 5.69 Å². The lowest BCUT2D eigenvalue weighted by Gasteiger charge is -2.08. The van der Waals surface area contributed by atoms with E-state index in [0.717, 1.165) is 42.0 Å². The average molecular weight is 257 g/mol. The maximum atomic E-state index is 8.72. The highest BCUT2D eigenvalue weighted by Gasteiger charge is 2.04. The second-order valence-electron chi connectivity index (χ2n) is 4.48. The van der Waals surface area contributed by atoms with Gasteiger partial charge < -0.3 is 10.4 Å². The molecular formula is C15H19N3O. The fraction of sp³-hybridized carbons (Fsp3) is 0.333. The maximum absolute atomic E-state index is 8.72. The summed E-state index contributed by atoms with van der Waals surface area (Å²) in [6.07, 6.45) is 1.74. The van der Waals surface area contributed by atoms with Gasteiger partial charge in [-0.25, -0.2) is 0 Å². The van der Waals surface area contributed by atoms with Crippen LogP contribution in [0.2, 0.25) is 0 Å². The van der Waals surface area contributed by atoms with Crippen LogP contribution in [0.15, 0.2) is 36.4 Å². The molecule has 1 heterocycles. The summed E-state index contributed by atoms with van der Waals surface area (Å²) in [7, 11) is 0. The molecule has 0 fully saturated rings. The molecule has 0 atom stereocenters. The Hall–Kier alpha value is -1.94. The summed E-state index contributed by atoms with van der Waals surface area (Å²) < 4.78 is 0. The molecular weight excluding hydrogens is 238 g/mol. The Bertz CT molecular complexity index is 514. The molecule has 2 aromatic rings. The molecule has 0 aliphatic rings. The number of hydrogen-bond donors (Lipinski definition) is 2. The normalized spacial score (nSPS) is 10.4. The first-order chi connectivity index (χ1) is 9.31. The summed E-state index contributed by atoms with van der Waals surface area (Å²) in [6, 6.07) is 12.1. The topological polar surface area (TPSA) is 58.0 Å². The van der Waals surface area contributed by atoms with Crippen molar-refractivity contribution < 1.29 is 5.11 Å². The van der Waals surface area contributed by atoms with Gasteiger partial charge >= 0.3 is 0 Å². The van der Waals surface area contributed by atoms with Crippen LogP contribution in [0.25, 0.3) is 11.3 Å². The van der Waals surface area contributed by atoms with Crippen molar-refractivity contribution in [3.63, 3.8) is 0 Å². The average Bonchev–Trinajstić information content (AvgIpc) is 2.46. The zero-order valence-corrected chi connectivity index (χ0v) is 11.1. The van der Waals surface area contributed by atoms with Gasteiger partial charge in [-0.15, -0.1) is 10.2 Å². The van der Waals surface area contributed by atoms with Crippen LogP contribution in [0.3, 0.4) is 0 Å².